The Morgan fingerprint density at radius 1 is 0.917 bits per heavy atom. The Hall–Kier alpha value is -3.74. The summed E-state index contributed by atoms with van der Waals surface area (Å²) < 4.78 is 2.16. The minimum Gasteiger partial charge on any atom is -0.317 e. The summed E-state index contributed by atoms with van der Waals surface area (Å²) in [6.07, 6.45) is 1.68. The number of halogens is 1. The van der Waals surface area contributed by atoms with E-state index in [-0.39, 0.29) is 10.7 Å². The number of aryl methyl sites for hydroxylation is 1. The van der Waals surface area contributed by atoms with Crippen molar-refractivity contribution in [3.05, 3.63) is 100 Å². The molecule has 1 aromatic heterocycles. The Kier molecular flexibility index (Phi) is 6.24. The van der Waals surface area contributed by atoms with Crippen LogP contribution in [0.3, 0.4) is 0 Å². The van der Waals surface area contributed by atoms with Crippen LogP contribution in [0.25, 0.3) is 22.5 Å². The van der Waals surface area contributed by atoms with Crippen molar-refractivity contribution >= 4 is 63.3 Å². The summed E-state index contributed by atoms with van der Waals surface area (Å²) in [5, 5.41) is 2.98. The summed E-state index contributed by atoms with van der Waals surface area (Å²) in [6, 6.07) is 23.3. The fourth-order valence-corrected chi connectivity index (χ4v) is 5.26. The van der Waals surface area contributed by atoms with Crippen molar-refractivity contribution in [1.29, 1.82) is 0 Å². The van der Waals surface area contributed by atoms with E-state index in [2.05, 4.69) is 28.8 Å². The van der Waals surface area contributed by atoms with Crippen LogP contribution in [0.4, 0.5) is 5.69 Å². The molecule has 0 radical (unpaired) electrons. The van der Waals surface area contributed by atoms with Crippen LogP contribution in [0.1, 0.15) is 23.9 Å². The third kappa shape index (κ3) is 3.92. The number of amides is 2. The fourth-order valence-electron chi connectivity index (χ4n) is 4.74. The number of benzene rings is 3. The van der Waals surface area contributed by atoms with E-state index in [1.807, 2.05) is 45.0 Å². The lowest BCUT2D eigenvalue weighted by Crippen LogP contribution is -2.56. The third-order valence-corrected chi connectivity index (χ3v) is 7.16. The first-order valence-corrected chi connectivity index (χ1v) is 12.4. The van der Waals surface area contributed by atoms with Crippen LogP contribution in [0.15, 0.2) is 78.4 Å². The average Bonchev–Trinajstić information content (AvgIpc) is 3.15. The van der Waals surface area contributed by atoms with Crippen LogP contribution in [0.2, 0.25) is 5.02 Å². The van der Waals surface area contributed by atoms with Gasteiger partial charge in [0.1, 0.15) is 5.57 Å². The van der Waals surface area contributed by atoms with Crippen LogP contribution in [0, 0.1) is 13.8 Å². The Morgan fingerprint density at radius 2 is 1.61 bits per heavy atom. The van der Waals surface area contributed by atoms with Gasteiger partial charge in [-0.15, -0.1) is 0 Å². The van der Waals surface area contributed by atoms with Gasteiger partial charge < -0.3 is 4.57 Å². The number of hydrogen-bond donors (Lipinski definition) is 0. The Morgan fingerprint density at radius 3 is 2.33 bits per heavy atom. The minimum absolute atomic E-state index is 0.0681. The molecule has 0 N–H and O–H groups in total. The molecule has 36 heavy (non-hydrogen) atoms. The van der Waals surface area contributed by atoms with Gasteiger partial charge in [0.25, 0.3) is 11.8 Å². The highest BCUT2D eigenvalue weighted by Gasteiger charge is 2.39. The summed E-state index contributed by atoms with van der Waals surface area (Å²) in [6.45, 7) is 6.21. The molecule has 0 saturated carbocycles. The van der Waals surface area contributed by atoms with E-state index in [1.165, 1.54) is 9.80 Å². The Labute approximate surface area is 220 Å². The standard InChI is InChI=1S/C29H24ClN3O2S/c1-4-31-27(34)25(28(35)33(29(31)36)23-14-12-22(30)13-15-23)17-21-16-18(2)32(19(21)3)26-11-7-9-20-8-5-6-10-24(20)26/h5-17H,4H2,1-3H3/b25-17+. The minimum atomic E-state index is -0.452. The predicted octanol–water partition coefficient (Wildman–Crippen LogP) is 6.46. The van der Waals surface area contributed by atoms with Crippen LogP contribution >= 0.6 is 23.8 Å². The Bertz CT molecular complexity index is 1560. The molecular weight excluding hydrogens is 490 g/mol. The normalized spacial score (nSPS) is 15.4. The second kappa shape index (κ2) is 9.37. The zero-order valence-electron chi connectivity index (χ0n) is 20.2. The molecule has 5 rings (SSSR count). The van der Waals surface area contributed by atoms with Crippen molar-refractivity contribution in [3.8, 4) is 5.69 Å². The van der Waals surface area contributed by atoms with Crippen LogP contribution in [-0.4, -0.2) is 32.9 Å². The summed E-state index contributed by atoms with van der Waals surface area (Å²) in [7, 11) is 0. The van der Waals surface area contributed by atoms with Gasteiger partial charge in [0.15, 0.2) is 5.11 Å². The lowest BCUT2D eigenvalue weighted by Gasteiger charge is -2.36. The second-order valence-electron chi connectivity index (χ2n) is 8.67. The molecule has 0 bridgehead atoms. The summed E-state index contributed by atoms with van der Waals surface area (Å²) in [5.74, 6) is -0.848. The smallest absolute Gasteiger partial charge is 0.270 e. The summed E-state index contributed by atoms with van der Waals surface area (Å²) in [5.41, 5.74) is 4.42. The Balaban J connectivity index is 1.63. The zero-order valence-corrected chi connectivity index (χ0v) is 21.7. The topological polar surface area (TPSA) is 45.6 Å². The molecule has 2 amide bonds. The van der Waals surface area contributed by atoms with E-state index in [1.54, 1.807) is 30.3 Å². The van der Waals surface area contributed by atoms with Crippen molar-refractivity contribution in [3.63, 3.8) is 0 Å². The average molecular weight is 514 g/mol. The highest BCUT2D eigenvalue weighted by Crippen LogP contribution is 2.31. The van der Waals surface area contributed by atoms with Crippen LogP contribution < -0.4 is 4.90 Å². The number of aromatic nitrogens is 1. The van der Waals surface area contributed by atoms with E-state index < -0.39 is 11.8 Å². The highest BCUT2D eigenvalue weighted by molar-refractivity contribution is 7.80. The number of hydrogen-bond acceptors (Lipinski definition) is 3. The van der Waals surface area contributed by atoms with E-state index >= 15 is 0 Å². The molecule has 0 aliphatic carbocycles. The van der Waals surface area contributed by atoms with Gasteiger partial charge >= 0.3 is 0 Å². The SMILES string of the molecule is CCN1C(=O)/C(=C\c2cc(C)n(-c3cccc4ccccc34)c2C)C(=O)N(c2ccc(Cl)cc2)C1=S. The molecule has 180 valence electrons. The van der Waals surface area contributed by atoms with Gasteiger partial charge in [-0.3, -0.25) is 19.4 Å². The first kappa shape index (κ1) is 24.0. The number of anilines is 1. The number of rotatable bonds is 4. The number of likely N-dealkylation sites (N-methyl/N-ethyl adjacent to an activating group) is 1. The molecule has 5 nitrogen and oxygen atoms in total. The van der Waals surface area contributed by atoms with Crippen molar-refractivity contribution in [2.75, 3.05) is 11.4 Å². The number of nitrogens with zero attached hydrogens (tertiary/aromatic N) is 3. The lowest BCUT2D eigenvalue weighted by molar-refractivity contribution is -0.127. The van der Waals surface area contributed by atoms with Gasteiger partial charge in [0.2, 0.25) is 0 Å². The molecule has 1 saturated heterocycles. The van der Waals surface area contributed by atoms with Gasteiger partial charge in [-0.25, -0.2) is 0 Å². The van der Waals surface area contributed by atoms with Gasteiger partial charge in [0.05, 0.1) is 11.4 Å². The zero-order chi connectivity index (χ0) is 25.6. The summed E-state index contributed by atoms with van der Waals surface area (Å²) in [4.78, 5) is 29.8. The van der Waals surface area contributed by atoms with Crippen LogP contribution in [0.5, 0.6) is 0 Å². The van der Waals surface area contributed by atoms with E-state index in [0.717, 1.165) is 33.4 Å². The van der Waals surface area contributed by atoms with Crippen LogP contribution in [-0.2, 0) is 9.59 Å². The molecule has 0 atom stereocenters. The highest BCUT2D eigenvalue weighted by atomic mass is 35.5. The lowest BCUT2D eigenvalue weighted by atomic mass is 10.1. The van der Waals surface area contributed by atoms with Crippen molar-refractivity contribution in [2.24, 2.45) is 0 Å². The predicted molar refractivity (Wildman–Crippen MR) is 150 cm³/mol. The molecule has 1 fully saturated rings. The molecule has 1 aliphatic heterocycles. The molecule has 4 aromatic rings. The molecule has 2 heterocycles. The molecule has 3 aromatic carbocycles. The largest absolute Gasteiger partial charge is 0.317 e. The fraction of sp³-hybridized carbons (Fsp3) is 0.138. The molecule has 0 unspecified atom stereocenters. The molecule has 7 heteroatoms. The third-order valence-electron chi connectivity index (χ3n) is 6.51. The maximum Gasteiger partial charge on any atom is 0.270 e. The molecule has 0 spiro atoms. The number of fused-ring (bicyclic) bond motifs is 1. The summed E-state index contributed by atoms with van der Waals surface area (Å²) >= 11 is 11.6. The first-order valence-electron chi connectivity index (χ1n) is 11.7. The van der Waals surface area contributed by atoms with Gasteiger partial charge in [0, 0.05) is 28.3 Å². The number of carbonyl (C=O) groups is 2. The maximum absolute atomic E-state index is 13.6. The van der Waals surface area contributed by atoms with Crippen molar-refractivity contribution in [1.82, 2.24) is 9.47 Å². The van der Waals surface area contributed by atoms with Crippen molar-refractivity contribution in [2.45, 2.75) is 20.8 Å². The first-order chi connectivity index (χ1) is 17.3. The second-order valence-corrected chi connectivity index (χ2v) is 9.47. The van der Waals surface area contributed by atoms with Gasteiger partial charge in [-0.05, 0) is 86.4 Å². The van der Waals surface area contributed by atoms with E-state index in [0.29, 0.717) is 17.3 Å². The van der Waals surface area contributed by atoms with Gasteiger partial charge in [-0.2, -0.15) is 0 Å². The molecule has 1 aliphatic rings. The van der Waals surface area contributed by atoms with E-state index in [9.17, 15) is 9.59 Å². The maximum atomic E-state index is 13.6. The van der Waals surface area contributed by atoms with E-state index in [4.69, 9.17) is 23.8 Å². The van der Waals surface area contributed by atoms with Gasteiger partial charge in [-0.1, -0.05) is 48.0 Å². The monoisotopic (exact) mass is 513 g/mol. The number of thiocarbonyl (C=S) groups is 1. The number of carbonyl (C=O) groups excluding carboxylic acids is 2. The molecular formula is C29H24ClN3O2S. The van der Waals surface area contributed by atoms with Crippen molar-refractivity contribution < 1.29 is 9.59 Å². The quantitative estimate of drug-likeness (QED) is 0.178.